The predicted octanol–water partition coefficient (Wildman–Crippen LogP) is 0.664. The summed E-state index contributed by atoms with van der Waals surface area (Å²) in [7, 11) is 0. The molecule has 0 spiro atoms. The maximum absolute atomic E-state index is 12.6. The Morgan fingerprint density at radius 2 is 2.08 bits per heavy atom. The lowest BCUT2D eigenvalue weighted by Gasteiger charge is -2.34. The molecule has 2 aromatic heterocycles. The van der Waals surface area contributed by atoms with E-state index < -0.39 is 5.97 Å². The van der Waals surface area contributed by atoms with E-state index in [2.05, 4.69) is 20.2 Å². The number of carbonyl (C=O) groups excluding carboxylic acids is 1. The molecule has 25 heavy (non-hydrogen) atoms. The number of piperidine rings is 1. The number of nitrogens with zero attached hydrogens (tertiary/aromatic N) is 6. The Balaban J connectivity index is 1.62. The van der Waals surface area contributed by atoms with Gasteiger partial charge in [0.1, 0.15) is 18.7 Å². The molecule has 0 saturated carbocycles. The molecule has 0 radical (unpaired) electrons. The molecule has 1 saturated heterocycles. The van der Waals surface area contributed by atoms with Gasteiger partial charge in [-0.15, -0.1) is 15.3 Å². The van der Waals surface area contributed by atoms with Crippen molar-refractivity contribution in [2.45, 2.75) is 26.2 Å². The van der Waals surface area contributed by atoms with Crippen LogP contribution in [-0.2, 0) is 9.59 Å². The second-order valence-electron chi connectivity index (χ2n) is 6.24. The van der Waals surface area contributed by atoms with E-state index in [0.717, 1.165) is 12.2 Å². The number of amides is 1. The number of carboxylic acids is 1. The molecule has 0 atom stereocenters. The van der Waals surface area contributed by atoms with Crippen LogP contribution >= 0.6 is 0 Å². The lowest BCUT2D eigenvalue weighted by atomic mass is 9.95. The van der Waals surface area contributed by atoms with Gasteiger partial charge in [-0.25, -0.2) is 0 Å². The number of fused-ring (bicyclic) bond motifs is 1. The van der Waals surface area contributed by atoms with E-state index in [1.54, 1.807) is 10.8 Å². The van der Waals surface area contributed by atoms with E-state index in [1.807, 2.05) is 19.1 Å². The fourth-order valence-electron chi connectivity index (χ4n) is 3.20. The number of anilines is 1. The first-order valence-electron chi connectivity index (χ1n) is 8.51. The summed E-state index contributed by atoms with van der Waals surface area (Å²) in [4.78, 5) is 27.2. The zero-order valence-electron chi connectivity index (χ0n) is 14.2. The van der Waals surface area contributed by atoms with Crippen molar-refractivity contribution >= 4 is 23.3 Å². The molecule has 0 unspecified atom stereocenters. The van der Waals surface area contributed by atoms with Gasteiger partial charge in [0.15, 0.2) is 5.65 Å². The van der Waals surface area contributed by atoms with Crippen molar-refractivity contribution in [1.82, 2.24) is 24.7 Å². The van der Waals surface area contributed by atoms with Gasteiger partial charge in [0.25, 0.3) is 0 Å². The van der Waals surface area contributed by atoms with E-state index in [4.69, 9.17) is 5.11 Å². The third-order valence-corrected chi connectivity index (χ3v) is 4.45. The zero-order valence-corrected chi connectivity index (χ0v) is 14.2. The van der Waals surface area contributed by atoms with Crippen molar-refractivity contribution in [1.29, 1.82) is 0 Å². The van der Waals surface area contributed by atoms with E-state index in [9.17, 15) is 9.59 Å². The fraction of sp³-hybridized carbons (Fsp3) is 0.562. The molecule has 3 rings (SSSR count). The summed E-state index contributed by atoms with van der Waals surface area (Å²) < 4.78 is 1.63. The molecule has 3 heterocycles. The average molecular weight is 346 g/mol. The van der Waals surface area contributed by atoms with Crippen LogP contribution in [0.2, 0.25) is 0 Å². The minimum Gasteiger partial charge on any atom is -0.480 e. The highest BCUT2D eigenvalue weighted by atomic mass is 16.4. The van der Waals surface area contributed by atoms with Crippen LogP contribution in [0.5, 0.6) is 0 Å². The van der Waals surface area contributed by atoms with Gasteiger partial charge in [-0.05, 0) is 31.4 Å². The summed E-state index contributed by atoms with van der Waals surface area (Å²) in [5, 5.41) is 21.2. The molecule has 134 valence electrons. The van der Waals surface area contributed by atoms with Crippen molar-refractivity contribution in [3.63, 3.8) is 0 Å². The molecule has 0 aliphatic carbocycles. The van der Waals surface area contributed by atoms with Crippen molar-refractivity contribution in [3.05, 3.63) is 18.5 Å². The monoisotopic (exact) mass is 346 g/mol. The third kappa shape index (κ3) is 3.86. The molecule has 2 aromatic rings. The number of carboxylic acid groups (broad SMARTS) is 1. The molecule has 1 amide bonds. The van der Waals surface area contributed by atoms with E-state index in [1.165, 1.54) is 4.90 Å². The highest BCUT2D eigenvalue weighted by Crippen LogP contribution is 2.23. The molecule has 9 heteroatoms. The van der Waals surface area contributed by atoms with Gasteiger partial charge in [-0.1, -0.05) is 6.92 Å². The lowest BCUT2D eigenvalue weighted by molar-refractivity contribution is -0.146. The van der Waals surface area contributed by atoms with Gasteiger partial charge in [0.05, 0.1) is 0 Å². The zero-order chi connectivity index (χ0) is 17.8. The maximum atomic E-state index is 12.6. The van der Waals surface area contributed by atoms with Crippen LogP contribution < -0.4 is 4.90 Å². The standard InChI is InChI=1S/C16H22N6O3/c1-2-7-21(10-15(23)24)16(25)12-5-8-20(9-6-12)14-4-3-13-18-17-11-22(13)19-14/h3-4,11-12H,2,5-10H2,1H3,(H,23,24). The molecular formula is C16H22N6O3. The first-order chi connectivity index (χ1) is 12.1. The minimum absolute atomic E-state index is 0.0499. The van der Waals surface area contributed by atoms with Gasteiger partial charge < -0.3 is 14.9 Å². The average Bonchev–Trinajstić information content (AvgIpc) is 3.08. The summed E-state index contributed by atoms with van der Waals surface area (Å²) in [6.45, 7) is 3.63. The Hall–Kier alpha value is -2.71. The van der Waals surface area contributed by atoms with E-state index >= 15 is 0 Å². The second-order valence-corrected chi connectivity index (χ2v) is 6.24. The Labute approximate surface area is 145 Å². The first-order valence-corrected chi connectivity index (χ1v) is 8.51. The highest BCUT2D eigenvalue weighted by Gasteiger charge is 2.29. The van der Waals surface area contributed by atoms with Gasteiger partial charge >= 0.3 is 5.97 Å². The van der Waals surface area contributed by atoms with Crippen LogP contribution in [0, 0.1) is 5.92 Å². The van der Waals surface area contributed by atoms with Gasteiger partial charge in [-0.2, -0.15) is 4.52 Å². The molecule has 0 aromatic carbocycles. The molecule has 1 aliphatic rings. The van der Waals surface area contributed by atoms with Crippen molar-refractivity contribution in [3.8, 4) is 0 Å². The number of rotatable bonds is 6. The van der Waals surface area contributed by atoms with Crippen molar-refractivity contribution in [2.75, 3.05) is 31.1 Å². The first kappa shape index (κ1) is 17.1. The fourth-order valence-corrected chi connectivity index (χ4v) is 3.20. The normalized spacial score (nSPS) is 15.5. The number of hydrogen-bond donors (Lipinski definition) is 1. The smallest absolute Gasteiger partial charge is 0.323 e. The van der Waals surface area contributed by atoms with Gasteiger partial charge in [0, 0.05) is 25.6 Å². The largest absolute Gasteiger partial charge is 0.480 e. The lowest BCUT2D eigenvalue weighted by Crippen LogP contribution is -2.44. The molecule has 1 N–H and O–H groups in total. The highest BCUT2D eigenvalue weighted by molar-refractivity contribution is 5.83. The third-order valence-electron chi connectivity index (χ3n) is 4.45. The maximum Gasteiger partial charge on any atom is 0.323 e. The number of hydrogen-bond acceptors (Lipinski definition) is 6. The predicted molar refractivity (Wildman–Crippen MR) is 90.2 cm³/mol. The SMILES string of the molecule is CCCN(CC(=O)O)C(=O)C1CCN(c2ccc3nncn3n2)CC1. The number of aliphatic carboxylic acids is 1. The minimum atomic E-state index is -0.967. The summed E-state index contributed by atoms with van der Waals surface area (Å²) in [6, 6.07) is 3.77. The number of aromatic nitrogens is 4. The van der Waals surface area contributed by atoms with Crippen molar-refractivity contribution in [2.24, 2.45) is 5.92 Å². The van der Waals surface area contributed by atoms with Crippen LogP contribution in [0.3, 0.4) is 0 Å². The van der Waals surface area contributed by atoms with Gasteiger partial charge in [-0.3, -0.25) is 9.59 Å². The molecule has 9 nitrogen and oxygen atoms in total. The summed E-state index contributed by atoms with van der Waals surface area (Å²) >= 11 is 0. The Bertz CT molecular complexity index is 753. The van der Waals surface area contributed by atoms with E-state index in [-0.39, 0.29) is 18.4 Å². The Morgan fingerprint density at radius 1 is 1.32 bits per heavy atom. The van der Waals surface area contributed by atoms with Crippen molar-refractivity contribution < 1.29 is 14.7 Å². The summed E-state index contributed by atoms with van der Waals surface area (Å²) in [5.74, 6) is -0.313. The number of carbonyl (C=O) groups is 2. The van der Waals surface area contributed by atoms with Crippen LogP contribution in [0.1, 0.15) is 26.2 Å². The Morgan fingerprint density at radius 3 is 2.76 bits per heavy atom. The second kappa shape index (κ2) is 7.45. The Kier molecular flexibility index (Phi) is 5.11. The van der Waals surface area contributed by atoms with Crippen LogP contribution in [0.25, 0.3) is 5.65 Å². The van der Waals surface area contributed by atoms with E-state index in [0.29, 0.717) is 38.1 Å². The molecule has 0 bridgehead atoms. The molecule has 1 aliphatic heterocycles. The molecule has 1 fully saturated rings. The summed E-state index contributed by atoms with van der Waals surface area (Å²) in [5.41, 5.74) is 0.692. The van der Waals surface area contributed by atoms with Crippen LogP contribution in [-0.4, -0.2) is 67.9 Å². The van der Waals surface area contributed by atoms with Crippen LogP contribution in [0.4, 0.5) is 5.82 Å². The summed E-state index contributed by atoms with van der Waals surface area (Å²) in [6.07, 6.45) is 3.70. The van der Waals surface area contributed by atoms with Gasteiger partial charge in [0.2, 0.25) is 5.91 Å². The van der Waals surface area contributed by atoms with Crippen LogP contribution in [0.15, 0.2) is 18.5 Å². The molecular weight excluding hydrogens is 324 g/mol. The topological polar surface area (TPSA) is 104 Å². The quantitative estimate of drug-likeness (QED) is 0.819.